The fourth-order valence-corrected chi connectivity index (χ4v) is 3.75. The third kappa shape index (κ3) is 4.24. The van der Waals surface area contributed by atoms with E-state index in [-0.39, 0.29) is 29.3 Å². The van der Waals surface area contributed by atoms with Crippen molar-refractivity contribution in [2.45, 2.75) is 20.3 Å². The summed E-state index contributed by atoms with van der Waals surface area (Å²) in [6, 6.07) is 0. The second-order valence-electron chi connectivity index (χ2n) is 5.02. The van der Waals surface area contributed by atoms with Crippen LogP contribution in [0.4, 0.5) is 0 Å². The quantitative estimate of drug-likeness (QED) is 0.664. The summed E-state index contributed by atoms with van der Waals surface area (Å²) >= 11 is 0. The van der Waals surface area contributed by atoms with Crippen LogP contribution in [0.25, 0.3) is 0 Å². The Balaban J connectivity index is 2.45. The minimum absolute atomic E-state index is 0.121. The summed E-state index contributed by atoms with van der Waals surface area (Å²) in [4.78, 5) is 13.5. The van der Waals surface area contributed by atoms with Crippen LogP contribution in [0, 0.1) is 11.8 Å². The number of carbonyl (C=O) groups is 1. The zero-order chi connectivity index (χ0) is 13.8. The molecule has 5 nitrogen and oxygen atoms in total. The van der Waals surface area contributed by atoms with E-state index in [9.17, 15) is 13.2 Å². The van der Waals surface area contributed by atoms with E-state index in [4.69, 9.17) is 4.74 Å². The van der Waals surface area contributed by atoms with E-state index in [1.807, 2.05) is 18.7 Å². The van der Waals surface area contributed by atoms with Gasteiger partial charge < -0.3 is 9.64 Å². The summed E-state index contributed by atoms with van der Waals surface area (Å²) in [6.07, 6.45) is 0.656. The van der Waals surface area contributed by atoms with Crippen LogP contribution >= 0.6 is 0 Å². The third-order valence-corrected chi connectivity index (χ3v) is 5.26. The first-order chi connectivity index (χ1) is 8.39. The van der Waals surface area contributed by atoms with Crippen molar-refractivity contribution in [2.75, 3.05) is 38.2 Å². The van der Waals surface area contributed by atoms with E-state index in [2.05, 4.69) is 0 Å². The Morgan fingerprint density at radius 3 is 2.56 bits per heavy atom. The molecular formula is C12H23NO4S. The molecule has 1 aliphatic rings. The molecule has 1 heterocycles. The summed E-state index contributed by atoms with van der Waals surface area (Å²) in [5, 5.41) is 0. The average Bonchev–Trinajstić information content (AvgIpc) is 2.67. The molecule has 0 aliphatic carbocycles. The fraction of sp³-hybridized carbons (Fsp3) is 0.917. The lowest BCUT2D eigenvalue weighted by atomic mass is 9.99. The first-order valence-corrected chi connectivity index (χ1v) is 8.22. The van der Waals surface area contributed by atoms with E-state index in [0.29, 0.717) is 19.5 Å². The predicted molar refractivity (Wildman–Crippen MR) is 70.1 cm³/mol. The molecule has 106 valence electrons. The number of methoxy groups -OCH3 is 1. The Kier molecular flexibility index (Phi) is 5.59. The monoisotopic (exact) mass is 277 g/mol. The van der Waals surface area contributed by atoms with Gasteiger partial charge in [0.15, 0.2) is 9.84 Å². The highest BCUT2D eigenvalue weighted by atomic mass is 32.2. The SMILES string of the molecule is CCCS(=O)(=O)CCN1CC(C)C(C(=O)OC)C1. The number of nitrogens with zero attached hydrogens (tertiary/aromatic N) is 1. The Morgan fingerprint density at radius 2 is 2.00 bits per heavy atom. The third-order valence-electron chi connectivity index (χ3n) is 3.43. The normalized spacial score (nSPS) is 25.3. The summed E-state index contributed by atoms with van der Waals surface area (Å²) in [6.45, 7) is 5.75. The number of sulfone groups is 1. The van der Waals surface area contributed by atoms with Gasteiger partial charge in [-0.15, -0.1) is 0 Å². The molecule has 1 rings (SSSR count). The maximum atomic E-state index is 11.6. The Morgan fingerprint density at radius 1 is 1.33 bits per heavy atom. The molecule has 0 saturated carbocycles. The first kappa shape index (κ1) is 15.4. The number of carbonyl (C=O) groups excluding carboxylic acids is 1. The number of ether oxygens (including phenoxy) is 1. The molecule has 0 amide bonds. The zero-order valence-corrected chi connectivity index (χ0v) is 12.2. The second-order valence-corrected chi connectivity index (χ2v) is 7.32. The highest BCUT2D eigenvalue weighted by Gasteiger charge is 2.35. The molecule has 1 fully saturated rings. The number of hydrogen-bond donors (Lipinski definition) is 0. The molecule has 0 bridgehead atoms. The predicted octanol–water partition coefficient (Wildman–Crippen LogP) is 0.552. The average molecular weight is 277 g/mol. The van der Waals surface area contributed by atoms with Crippen LogP contribution in [0.15, 0.2) is 0 Å². The molecule has 0 radical (unpaired) electrons. The van der Waals surface area contributed by atoms with Crippen molar-refractivity contribution in [1.82, 2.24) is 4.90 Å². The fourth-order valence-electron chi connectivity index (χ4n) is 2.39. The minimum atomic E-state index is -2.94. The van der Waals surface area contributed by atoms with Crippen LogP contribution in [-0.2, 0) is 19.4 Å². The van der Waals surface area contributed by atoms with E-state index in [0.717, 1.165) is 6.54 Å². The van der Waals surface area contributed by atoms with Crippen molar-refractivity contribution in [3.8, 4) is 0 Å². The van der Waals surface area contributed by atoms with Gasteiger partial charge in [-0.2, -0.15) is 0 Å². The van der Waals surface area contributed by atoms with E-state index in [1.165, 1.54) is 7.11 Å². The molecule has 0 aromatic rings. The van der Waals surface area contributed by atoms with Crippen LogP contribution < -0.4 is 0 Å². The number of esters is 1. The lowest BCUT2D eigenvalue weighted by Crippen LogP contribution is -2.29. The smallest absolute Gasteiger partial charge is 0.310 e. The van der Waals surface area contributed by atoms with Gasteiger partial charge in [-0.05, 0) is 12.3 Å². The van der Waals surface area contributed by atoms with E-state index < -0.39 is 9.84 Å². The molecule has 2 unspecified atom stereocenters. The molecule has 1 saturated heterocycles. The van der Waals surface area contributed by atoms with Gasteiger partial charge in [-0.3, -0.25) is 4.79 Å². The Hall–Kier alpha value is -0.620. The highest BCUT2D eigenvalue weighted by molar-refractivity contribution is 7.91. The highest BCUT2D eigenvalue weighted by Crippen LogP contribution is 2.23. The van der Waals surface area contributed by atoms with Crippen molar-refractivity contribution >= 4 is 15.8 Å². The van der Waals surface area contributed by atoms with Crippen molar-refractivity contribution in [3.63, 3.8) is 0 Å². The zero-order valence-electron chi connectivity index (χ0n) is 11.4. The second kappa shape index (κ2) is 6.52. The van der Waals surface area contributed by atoms with Crippen molar-refractivity contribution in [1.29, 1.82) is 0 Å². The van der Waals surface area contributed by atoms with Crippen molar-refractivity contribution < 1.29 is 17.9 Å². The summed E-state index contributed by atoms with van der Waals surface area (Å²) in [5.41, 5.74) is 0. The molecule has 2 atom stereocenters. The molecule has 0 aromatic heterocycles. The van der Waals surface area contributed by atoms with Crippen LogP contribution in [-0.4, -0.2) is 57.5 Å². The lowest BCUT2D eigenvalue weighted by molar-refractivity contribution is -0.146. The maximum absolute atomic E-state index is 11.6. The number of rotatable bonds is 6. The molecule has 0 spiro atoms. The molecular weight excluding hydrogens is 254 g/mol. The first-order valence-electron chi connectivity index (χ1n) is 6.40. The maximum Gasteiger partial charge on any atom is 0.310 e. The van der Waals surface area contributed by atoms with Gasteiger partial charge in [0.25, 0.3) is 0 Å². The summed E-state index contributed by atoms with van der Waals surface area (Å²) in [7, 11) is -1.55. The lowest BCUT2D eigenvalue weighted by Gasteiger charge is -2.15. The number of likely N-dealkylation sites (tertiary alicyclic amines) is 1. The van der Waals surface area contributed by atoms with E-state index in [1.54, 1.807) is 0 Å². The molecule has 18 heavy (non-hydrogen) atoms. The molecule has 0 aromatic carbocycles. The standard InChI is InChI=1S/C12H23NO4S/c1-4-6-18(15,16)7-5-13-8-10(2)11(9-13)12(14)17-3/h10-11H,4-9H2,1-3H3. The van der Waals surface area contributed by atoms with Crippen molar-refractivity contribution in [3.05, 3.63) is 0 Å². The van der Waals surface area contributed by atoms with Gasteiger partial charge in [0.05, 0.1) is 18.8 Å². The summed E-state index contributed by atoms with van der Waals surface area (Å²) in [5.74, 6) is 0.342. The van der Waals surface area contributed by atoms with Crippen LogP contribution in [0.1, 0.15) is 20.3 Å². The molecule has 0 N–H and O–H groups in total. The Labute approximate surface area is 109 Å². The van der Waals surface area contributed by atoms with Gasteiger partial charge in [0, 0.05) is 25.4 Å². The Bertz CT molecular complexity index is 380. The molecule has 1 aliphatic heterocycles. The number of hydrogen-bond acceptors (Lipinski definition) is 5. The van der Waals surface area contributed by atoms with Crippen LogP contribution in [0.5, 0.6) is 0 Å². The minimum Gasteiger partial charge on any atom is -0.469 e. The van der Waals surface area contributed by atoms with Gasteiger partial charge in [0.2, 0.25) is 0 Å². The van der Waals surface area contributed by atoms with E-state index >= 15 is 0 Å². The summed E-state index contributed by atoms with van der Waals surface area (Å²) < 4.78 is 28.0. The largest absolute Gasteiger partial charge is 0.469 e. The van der Waals surface area contributed by atoms with Crippen LogP contribution in [0.3, 0.4) is 0 Å². The van der Waals surface area contributed by atoms with Gasteiger partial charge in [-0.1, -0.05) is 13.8 Å². The van der Waals surface area contributed by atoms with Gasteiger partial charge >= 0.3 is 5.97 Å². The van der Waals surface area contributed by atoms with Gasteiger partial charge in [-0.25, -0.2) is 8.42 Å². The van der Waals surface area contributed by atoms with Crippen LogP contribution in [0.2, 0.25) is 0 Å². The molecule has 6 heteroatoms. The van der Waals surface area contributed by atoms with Gasteiger partial charge in [0.1, 0.15) is 0 Å². The topological polar surface area (TPSA) is 63.7 Å². The van der Waals surface area contributed by atoms with Crippen molar-refractivity contribution in [2.24, 2.45) is 11.8 Å².